The van der Waals surface area contributed by atoms with Gasteiger partial charge in [0.05, 0.1) is 0 Å². The highest BCUT2D eigenvalue weighted by atomic mass is 35.5. The SMILES string of the molecule is C=NC(C#N)=C(Cl)Cl. The molecule has 8 heavy (non-hydrogen) atoms. The number of aliphatic imine (C=N–C) groups is 1. The normalized spacial score (nSPS) is 7.12. The van der Waals surface area contributed by atoms with E-state index in [1.165, 1.54) is 0 Å². The topological polar surface area (TPSA) is 36.1 Å². The van der Waals surface area contributed by atoms with Crippen molar-refractivity contribution in [3.63, 3.8) is 0 Å². The number of hydrogen-bond donors (Lipinski definition) is 0. The van der Waals surface area contributed by atoms with Crippen LogP contribution < -0.4 is 0 Å². The Labute approximate surface area is 57.0 Å². The van der Waals surface area contributed by atoms with Crippen LogP contribution in [0.4, 0.5) is 0 Å². The van der Waals surface area contributed by atoms with Gasteiger partial charge in [0.1, 0.15) is 10.6 Å². The van der Waals surface area contributed by atoms with Crippen LogP contribution in [0.15, 0.2) is 15.2 Å². The molecule has 2 nitrogen and oxygen atoms in total. The van der Waals surface area contributed by atoms with Crippen molar-refractivity contribution in [3.8, 4) is 6.07 Å². The second-order valence-electron chi connectivity index (χ2n) is 0.879. The fourth-order valence-electron chi connectivity index (χ4n) is 0.137. The van der Waals surface area contributed by atoms with Crippen LogP contribution in [-0.2, 0) is 0 Å². The summed E-state index contributed by atoms with van der Waals surface area (Å²) >= 11 is 10.3. The largest absolute Gasteiger partial charge is 0.251 e. The lowest BCUT2D eigenvalue weighted by Crippen LogP contribution is -1.68. The van der Waals surface area contributed by atoms with Gasteiger partial charge in [-0.05, 0) is 6.72 Å². The molecule has 0 amide bonds. The van der Waals surface area contributed by atoms with E-state index in [1.807, 2.05) is 0 Å². The van der Waals surface area contributed by atoms with Crippen LogP contribution in [0.1, 0.15) is 0 Å². The second kappa shape index (κ2) is 3.48. The van der Waals surface area contributed by atoms with Gasteiger partial charge >= 0.3 is 0 Å². The first-order valence-electron chi connectivity index (χ1n) is 1.64. The molecule has 0 aromatic rings. The molecule has 0 saturated heterocycles. The third-order valence-corrected chi connectivity index (χ3v) is 0.801. The van der Waals surface area contributed by atoms with Gasteiger partial charge < -0.3 is 0 Å². The summed E-state index contributed by atoms with van der Waals surface area (Å²) in [5.41, 5.74) is -0.0478. The van der Waals surface area contributed by atoms with E-state index in [9.17, 15) is 0 Å². The lowest BCUT2D eigenvalue weighted by atomic mass is 10.6. The predicted octanol–water partition coefficient (Wildman–Crippen LogP) is 1.86. The predicted molar refractivity (Wildman–Crippen MR) is 33.9 cm³/mol. The van der Waals surface area contributed by atoms with Crippen molar-refractivity contribution in [1.82, 2.24) is 0 Å². The summed E-state index contributed by atoms with van der Waals surface area (Å²) in [7, 11) is 0. The van der Waals surface area contributed by atoms with Crippen LogP contribution in [0.25, 0.3) is 0 Å². The van der Waals surface area contributed by atoms with Crippen molar-refractivity contribution < 1.29 is 0 Å². The second-order valence-corrected chi connectivity index (χ2v) is 1.83. The third-order valence-electron chi connectivity index (χ3n) is 0.443. The van der Waals surface area contributed by atoms with Crippen LogP contribution in [0.5, 0.6) is 0 Å². The third kappa shape index (κ3) is 1.97. The first-order valence-corrected chi connectivity index (χ1v) is 2.40. The lowest BCUT2D eigenvalue weighted by molar-refractivity contribution is 1.40. The summed E-state index contributed by atoms with van der Waals surface area (Å²) in [4.78, 5) is 3.21. The molecular formula is C4H2Cl2N2. The fourth-order valence-corrected chi connectivity index (χ4v) is 0.341. The molecule has 0 atom stereocenters. The highest BCUT2D eigenvalue weighted by Gasteiger charge is 1.93. The summed E-state index contributed by atoms with van der Waals surface area (Å²) in [5, 5.41) is 8.09. The maximum absolute atomic E-state index is 8.09. The quantitative estimate of drug-likeness (QED) is 0.414. The van der Waals surface area contributed by atoms with E-state index in [-0.39, 0.29) is 10.2 Å². The Kier molecular flexibility index (Phi) is 3.25. The Bertz CT molecular complexity index is 161. The molecule has 0 aliphatic rings. The van der Waals surface area contributed by atoms with Crippen molar-refractivity contribution in [2.24, 2.45) is 4.99 Å². The molecular weight excluding hydrogens is 147 g/mol. The van der Waals surface area contributed by atoms with E-state index in [4.69, 9.17) is 28.5 Å². The van der Waals surface area contributed by atoms with Gasteiger partial charge in [-0.1, -0.05) is 23.2 Å². The van der Waals surface area contributed by atoms with Gasteiger partial charge in [0.25, 0.3) is 0 Å². The van der Waals surface area contributed by atoms with Crippen molar-refractivity contribution >= 4 is 29.9 Å². The molecule has 0 aromatic heterocycles. The van der Waals surface area contributed by atoms with E-state index < -0.39 is 0 Å². The molecule has 0 unspecified atom stereocenters. The van der Waals surface area contributed by atoms with Crippen LogP contribution in [0, 0.1) is 11.3 Å². The number of nitrogens with zero attached hydrogens (tertiary/aromatic N) is 2. The van der Waals surface area contributed by atoms with Crippen LogP contribution in [-0.4, -0.2) is 6.72 Å². The van der Waals surface area contributed by atoms with E-state index in [1.54, 1.807) is 6.07 Å². The molecule has 0 bridgehead atoms. The van der Waals surface area contributed by atoms with Gasteiger partial charge in [0, 0.05) is 0 Å². The molecule has 0 heterocycles. The van der Waals surface area contributed by atoms with E-state index in [0.717, 1.165) is 0 Å². The highest BCUT2D eigenvalue weighted by molar-refractivity contribution is 6.56. The van der Waals surface area contributed by atoms with Gasteiger partial charge in [-0.2, -0.15) is 5.26 Å². The lowest BCUT2D eigenvalue weighted by Gasteiger charge is -1.81. The molecule has 0 fully saturated rings. The van der Waals surface area contributed by atoms with Crippen LogP contribution in [0.3, 0.4) is 0 Å². The van der Waals surface area contributed by atoms with Gasteiger partial charge in [0.15, 0.2) is 5.70 Å². The first kappa shape index (κ1) is 7.48. The van der Waals surface area contributed by atoms with Crippen molar-refractivity contribution in [2.75, 3.05) is 0 Å². The maximum Gasteiger partial charge on any atom is 0.170 e. The fraction of sp³-hybridized carbons (Fsp3) is 0. The number of rotatable bonds is 1. The Hall–Kier alpha value is -0.520. The molecule has 0 aliphatic carbocycles. The van der Waals surface area contributed by atoms with E-state index >= 15 is 0 Å². The van der Waals surface area contributed by atoms with E-state index in [2.05, 4.69) is 11.7 Å². The zero-order valence-corrected chi connectivity index (χ0v) is 5.37. The summed E-state index contributed by atoms with van der Waals surface area (Å²) in [6.07, 6.45) is 0. The van der Waals surface area contributed by atoms with Crippen molar-refractivity contribution in [3.05, 3.63) is 10.2 Å². The number of halogens is 2. The first-order chi connectivity index (χ1) is 3.72. The van der Waals surface area contributed by atoms with Gasteiger partial charge in [-0.25, -0.2) is 0 Å². The number of hydrogen-bond acceptors (Lipinski definition) is 2. The summed E-state index contributed by atoms with van der Waals surface area (Å²) in [6.45, 7) is 3.05. The zero-order valence-electron chi connectivity index (χ0n) is 3.86. The Balaban J connectivity index is 4.38. The minimum absolute atomic E-state index is 0.0478. The number of nitriles is 1. The summed E-state index contributed by atoms with van der Waals surface area (Å²) in [6, 6.07) is 1.64. The monoisotopic (exact) mass is 148 g/mol. The highest BCUT2D eigenvalue weighted by Crippen LogP contribution is 2.12. The molecule has 0 radical (unpaired) electrons. The van der Waals surface area contributed by atoms with Crippen molar-refractivity contribution in [1.29, 1.82) is 5.26 Å². The molecule has 4 heteroatoms. The zero-order chi connectivity index (χ0) is 6.57. The Morgan fingerprint density at radius 2 is 2.12 bits per heavy atom. The summed E-state index contributed by atoms with van der Waals surface area (Å²) in [5.74, 6) is 0. The smallest absolute Gasteiger partial charge is 0.170 e. The Morgan fingerprint density at radius 1 is 1.62 bits per heavy atom. The van der Waals surface area contributed by atoms with Gasteiger partial charge in [-0.3, -0.25) is 4.99 Å². The average Bonchev–Trinajstić information content (AvgIpc) is 1.69. The minimum Gasteiger partial charge on any atom is -0.251 e. The van der Waals surface area contributed by atoms with Gasteiger partial charge in [0.2, 0.25) is 0 Å². The molecule has 0 N–H and O–H groups in total. The number of allylic oxidation sites excluding steroid dienone is 1. The molecule has 0 aliphatic heterocycles. The molecule has 0 rings (SSSR count). The molecule has 0 aromatic carbocycles. The Morgan fingerprint density at radius 3 is 2.12 bits per heavy atom. The van der Waals surface area contributed by atoms with Crippen LogP contribution in [0.2, 0.25) is 0 Å². The van der Waals surface area contributed by atoms with Crippen molar-refractivity contribution in [2.45, 2.75) is 0 Å². The minimum atomic E-state index is -0.150. The average molecular weight is 149 g/mol. The maximum atomic E-state index is 8.09. The van der Waals surface area contributed by atoms with Crippen LogP contribution >= 0.6 is 23.2 Å². The van der Waals surface area contributed by atoms with E-state index in [0.29, 0.717) is 0 Å². The standard InChI is InChI=1S/C4H2Cl2N2/c1-8-3(2-7)4(5)6/h1H2. The summed E-state index contributed by atoms with van der Waals surface area (Å²) < 4.78 is -0.150. The van der Waals surface area contributed by atoms with Gasteiger partial charge in [-0.15, -0.1) is 0 Å². The molecule has 0 saturated carbocycles. The molecule has 42 valence electrons. The molecule has 0 spiro atoms.